The molecule has 1 aromatic carbocycles. The zero-order valence-corrected chi connectivity index (χ0v) is 15.3. The van der Waals surface area contributed by atoms with Crippen LogP contribution in [0.15, 0.2) is 55.1 Å². The molecule has 2 aromatic heterocycles. The molecule has 0 saturated heterocycles. The van der Waals surface area contributed by atoms with Gasteiger partial charge in [0, 0.05) is 11.9 Å². The van der Waals surface area contributed by atoms with E-state index in [1.54, 1.807) is 48.8 Å². The van der Waals surface area contributed by atoms with Crippen LogP contribution in [0.3, 0.4) is 0 Å². The molecule has 0 bridgehead atoms. The fourth-order valence-corrected chi connectivity index (χ4v) is 2.41. The van der Waals surface area contributed by atoms with Crippen molar-refractivity contribution in [3.63, 3.8) is 0 Å². The lowest BCUT2D eigenvalue weighted by molar-refractivity contribution is -0.383. The topological polar surface area (TPSA) is 115 Å². The molecule has 0 amide bonds. The van der Waals surface area contributed by atoms with Crippen LogP contribution in [0.4, 0.5) is 28.7 Å². The van der Waals surface area contributed by atoms with E-state index in [2.05, 4.69) is 32.5 Å². The van der Waals surface area contributed by atoms with Crippen molar-refractivity contribution in [2.75, 3.05) is 17.2 Å². The van der Waals surface area contributed by atoms with Crippen molar-refractivity contribution >= 4 is 28.7 Å². The summed E-state index contributed by atoms with van der Waals surface area (Å²) in [6.45, 7) is 2.76. The smallest absolute Gasteiger partial charge is 0.353 e. The summed E-state index contributed by atoms with van der Waals surface area (Å²) in [6, 6.07) is 10.6. The van der Waals surface area contributed by atoms with E-state index < -0.39 is 4.92 Å². The summed E-state index contributed by atoms with van der Waals surface area (Å²) in [5.41, 5.74) is 0.982. The summed E-state index contributed by atoms with van der Waals surface area (Å²) in [4.78, 5) is 23.1. The molecule has 9 nitrogen and oxygen atoms in total. The molecule has 0 aliphatic carbocycles. The minimum Gasteiger partial charge on any atom is -0.494 e. The van der Waals surface area contributed by atoms with Gasteiger partial charge >= 0.3 is 5.69 Å². The van der Waals surface area contributed by atoms with E-state index in [1.165, 1.54) is 6.33 Å². The van der Waals surface area contributed by atoms with Crippen molar-refractivity contribution in [2.45, 2.75) is 19.8 Å². The average Bonchev–Trinajstić information content (AvgIpc) is 2.70. The van der Waals surface area contributed by atoms with Gasteiger partial charge in [0.15, 0.2) is 0 Å². The molecular weight excluding hydrogens is 360 g/mol. The van der Waals surface area contributed by atoms with Crippen molar-refractivity contribution in [1.82, 2.24) is 15.0 Å². The Hall–Kier alpha value is -3.75. The molecular formula is C19H20N6O3. The summed E-state index contributed by atoms with van der Waals surface area (Å²) in [5, 5.41) is 17.5. The predicted molar refractivity (Wildman–Crippen MR) is 106 cm³/mol. The molecule has 0 fully saturated rings. The Morgan fingerprint density at radius 1 is 1.07 bits per heavy atom. The number of benzene rings is 1. The van der Waals surface area contributed by atoms with Gasteiger partial charge in [-0.25, -0.2) is 9.97 Å². The molecule has 0 aliphatic rings. The van der Waals surface area contributed by atoms with Crippen LogP contribution in [0.25, 0.3) is 0 Å². The number of nitro groups is 1. The van der Waals surface area contributed by atoms with Gasteiger partial charge in [-0.1, -0.05) is 13.3 Å². The predicted octanol–water partition coefficient (Wildman–Crippen LogP) is 4.45. The molecule has 0 radical (unpaired) electrons. The molecule has 3 rings (SSSR count). The van der Waals surface area contributed by atoms with E-state index in [-0.39, 0.29) is 17.3 Å². The maximum atomic E-state index is 11.6. The van der Waals surface area contributed by atoms with Gasteiger partial charge in [-0.15, -0.1) is 0 Å². The van der Waals surface area contributed by atoms with Crippen LogP contribution in [0.5, 0.6) is 5.75 Å². The number of nitrogens with one attached hydrogen (secondary N) is 2. The Balaban J connectivity index is 1.80. The molecule has 0 unspecified atom stereocenters. The highest BCUT2D eigenvalue weighted by atomic mass is 16.6. The molecule has 0 aliphatic heterocycles. The first-order valence-corrected chi connectivity index (χ1v) is 8.83. The van der Waals surface area contributed by atoms with Crippen LogP contribution < -0.4 is 15.4 Å². The fraction of sp³-hybridized carbons (Fsp3) is 0.211. The van der Waals surface area contributed by atoms with E-state index in [9.17, 15) is 10.1 Å². The van der Waals surface area contributed by atoms with Crippen LogP contribution in [-0.4, -0.2) is 26.5 Å². The Morgan fingerprint density at radius 2 is 1.79 bits per heavy atom. The molecule has 2 heterocycles. The van der Waals surface area contributed by atoms with Crippen molar-refractivity contribution in [1.29, 1.82) is 0 Å². The molecule has 28 heavy (non-hydrogen) atoms. The molecule has 144 valence electrons. The van der Waals surface area contributed by atoms with E-state index in [0.29, 0.717) is 18.0 Å². The first kappa shape index (κ1) is 19.0. The number of nitrogens with zero attached hydrogens (tertiary/aromatic N) is 4. The van der Waals surface area contributed by atoms with Crippen LogP contribution in [-0.2, 0) is 0 Å². The lowest BCUT2D eigenvalue weighted by atomic mass is 10.3. The summed E-state index contributed by atoms with van der Waals surface area (Å²) in [6.07, 6.45) is 6.47. The summed E-state index contributed by atoms with van der Waals surface area (Å²) in [7, 11) is 0. The average molecular weight is 380 g/mol. The molecule has 9 heteroatoms. The zero-order valence-electron chi connectivity index (χ0n) is 15.3. The summed E-state index contributed by atoms with van der Waals surface area (Å²) >= 11 is 0. The highest BCUT2D eigenvalue weighted by molar-refractivity contribution is 5.76. The van der Waals surface area contributed by atoms with Crippen molar-refractivity contribution < 1.29 is 9.66 Å². The van der Waals surface area contributed by atoms with Gasteiger partial charge in [0.25, 0.3) is 0 Å². The first-order valence-electron chi connectivity index (χ1n) is 8.83. The Labute approximate surface area is 162 Å². The first-order chi connectivity index (χ1) is 13.7. The van der Waals surface area contributed by atoms with Gasteiger partial charge in [0.1, 0.15) is 12.1 Å². The van der Waals surface area contributed by atoms with E-state index in [4.69, 9.17) is 4.74 Å². The molecule has 2 N–H and O–H groups in total. The van der Waals surface area contributed by atoms with Gasteiger partial charge in [-0.2, -0.15) is 0 Å². The van der Waals surface area contributed by atoms with E-state index in [1.807, 2.05) is 0 Å². The number of ether oxygens (including phenoxy) is 1. The quantitative estimate of drug-likeness (QED) is 0.318. The molecule has 3 aromatic rings. The van der Waals surface area contributed by atoms with Crippen molar-refractivity contribution in [3.8, 4) is 5.75 Å². The third kappa shape index (κ3) is 4.91. The lowest BCUT2D eigenvalue weighted by Crippen LogP contribution is -2.05. The van der Waals surface area contributed by atoms with Gasteiger partial charge in [-0.05, 0) is 42.8 Å². The number of pyridine rings is 1. The number of unbranched alkanes of at least 4 members (excludes halogenated alkanes) is 1. The van der Waals surface area contributed by atoms with Crippen LogP contribution in [0.2, 0.25) is 0 Å². The second-order valence-corrected chi connectivity index (χ2v) is 5.89. The second kappa shape index (κ2) is 9.26. The van der Waals surface area contributed by atoms with Crippen LogP contribution >= 0.6 is 0 Å². The zero-order chi connectivity index (χ0) is 19.8. The number of anilines is 4. The largest absolute Gasteiger partial charge is 0.494 e. The minimum absolute atomic E-state index is 0.0787. The molecule has 0 saturated carbocycles. The highest BCUT2D eigenvalue weighted by Gasteiger charge is 2.23. The molecule has 0 atom stereocenters. The third-order valence-corrected chi connectivity index (χ3v) is 3.81. The van der Waals surface area contributed by atoms with Crippen LogP contribution in [0, 0.1) is 10.1 Å². The Kier molecular flexibility index (Phi) is 6.29. The maximum absolute atomic E-state index is 11.6. The highest BCUT2D eigenvalue weighted by Crippen LogP contribution is 2.33. The minimum atomic E-state index is -0.525. The van der Waals surface area contributed by atoms with Gasteiger partial charge < -0.3 is 15.4 Å². The Bertz CT molecular complexity index is 919. The number of hydrogen-bond donors (Lipinski definition) is 2. The van der Waals surface area contributed by atoms with Crippen molar-refractivity contribution in [2.24, 2.45) is 0 Å². The lowest BCUT2D eigenvalue weighted by Gasteiger charge is -2.11. The maximum Gasteiger partial charge on any atom is 0.353 e. The number of rotatable bonds is 9. The normalized spacial score (nSPS) is 10.3. The third-order valence-electron chi connectivity index (χ3n) is 3.81. The summed E-state index contributed by atoms with van der Waals surface area (Å²) in [5.74, 6) is 0.913. The monoisotopic (exact) mass is 380 g/mol. The van der Waals surface area contributed by atoms with Crippen molar-refractivity contribution in [3.05, 3.63) is 65.2 Å². The number of hydrogen-bond acceptors (Lipinski definition) is 8. The Morgan fingerprint density at radius 3 is 2.39 bits per heavy atom. The van der Waals surface area contributed by atoms with E-state index >= 15 is 0 Å². The van der Waals surface area contributed by atoms with E-state index in [0.717, 1.165) is 18.6 Å². The van der Waals surface area contributed by atoms with Gasteiger partial charge in [0.05, 0.1) is 23.4 Å². The van der Waals surface area contributed by atoms with Gasteiger partial charge in [0.2, 0.25) is 11.6 Å². The standard InChI is InChI=1S/C19H20N6O3/c1-2-3-11-28-16-8-6-14(7-9-16)23-18-17(25(26)27)19(22-13-21-18)24-15-5-4-10-20-12-15/h4-10,12-13H,2-3,11H2,1H3,(H2,21,22,23,24). The molecule has 0 spiro atoms. The van der Waals surface area contributed by atoms with Gasteiger partial charge in [-0.3, -0.25) is 15.1 Å². The summed E-state index contributed by atoms with van der Waals surface area (Å²) < 4.78 is 5.62. The second-order valence-electron chi connectivity index (χ2n) is 5.89. The van der Waals surface area contributed by atoms with Crippen LogP contribution in [0.1, 0.15) is 19.8 Å². The SMILES string of the molecule is CCCCOc1ccc(Nc2ncnc(Nc3cccnc3)c2[N+](=O)[O-])cc1. The number of aromatic nitrogens is 3. The fourth-order valence-electron chi connectivity index (χ4n) is 2.41.